The van der Waals surface area contributed by atoms with Gasteiger partial charge in [-0.1, -0.05) is 15.9 Å². The standard InChI is InChI=1S/C15H18BrN3O/c1-9-5-13(6-10(2)15(9)16)17-14(20)8-19-12(4)7-11(3)18-19/h5-7H,8H2,1-4H3,(H,17,20). The number of benzene rings is 1. The average molecular weight is 336 g/mol. The fourth-order valence-electron chi connectivity index (χ4n) is 2.19. The number of nitrogens with zero attached hydrogens (tertiary/aromatic N) is 2. The van der Waals surface area contributed by atoms with E-state index < -0.39 is 0 Å². The predicted octanol–water partition coefficient (Wildman–Crippen LogP) is 3.52. The van der Waals surface area contributed by atoms with Crippen molar-refractivity contribution in [1.82, 2.24) is 9.78 Å². The van der Waals surface area contributed by atoms with Crippen molar-refractivity contribution in [3.8, 4) is 0 Å². The molecule has 20 heavy (non-hydrogen) atoms. The lowest BCUT2D eigenvalue weighted by Crippen LogP contribution is -2.20. The number of hydrogen-bond donors (Lipinski definition) is 1. The maximum absolute atomic E-state index is 12.1. The van der Waals surface area contributed by atoms with E-state index in [1.54, 1.807) is 4.68 Å². The van der Waals surface area contributed by atoms with Crippen LogP contribution in [0.4, 0.5) is 5.69 Å². The number of carbonyl (C=O) groups excluding carboxylic acids is 1. The molecule has 0 spiro atoms. The lowest BCUT2D eigenvalue weighted by Gasteiger charge is -2.10. The van der Waals surface area contributed by atoms with Crippen molar-refractivity contribution in [2.45, 2.75) is 34.2 Å². The molecule has 1 aromatic heterocycles. The van der Waals surface area contributed by atoms with E-state index in [2.05, 4.69) is 26.3 Å². The maximum atomic E-state index is 12.1. The third-order valence-corrected chi connectivity index (χ3v) is 4.37. The summed E-state index contributed by atoms with van der Waals surface area (Å²) in [6.45, 7) is 8.11. The van der Waals surface area contributed by atoms with Crippen molar-refractivity contribution in [2.24, 2.45) is 0 Å². The maximum Gasteiger partial charge on any atom is 0.246 e. The molecule has 0 saturated carbocycles. The van der Waals surface area contributed by atoms with Crippen LogP contribution in [-0.4, -0.2) is 15.7 Å². The van der Waals surface area contributed by atoms with E-state index in [1.807, 2.05) is 45.9 Å². The summed E-state index contributed by atoms with van der Waals surface area (Å²) in [6, 6.07) is 5.87. The molecule has 1 amide bonds. The summed E-state index contributed by atoms with van der Waals surface area (Å²) in [5.74, 6) is -0.0719. The van der Waals surface area contributed by atoms with Gasteiger partial charge in [0.05, 0.1) is 5.69 Å². The second kappa shape index (κ2) is 5.79. The van der Waals surface area contributed by atoms with Crippen LogP contribution in [0.2, 0.25) is 0 Å². The average Bonchev–Trinajstić information content (AvgIpc) is 2.64. The first-order valence-corrected chi connectivity index (χ1v) is 7.24. The molecule has 0 fully saturated rings. The quantitative estimate of drug-likeness (QED) is 0.932. The van der Waals surface area contributed by atoms with Crippen molar-refractivity contribution >= 4 is 27.5 Å². The van der Waals surface area contributed by atoms with Crippen LogP contribution in [0.1, 0.15) is 22.5 Å². The molecule has 0 aliphatic heterocycles. The Morgan fingerprint density at radius 3 is 2.30 bits per heavy atom. The summed E-state index contributed by atoms with van der Waals surface area (Å²) in [7, 11) is 0. The zero-order valence-electron chi connectivity index (χ0n) is 12.1. The highest BCUT2D eigenvalue weighted by Crippen LogP contribution is 2.24. The first kappa shape index (κ1) is 14.8. The summed E-state index contributed by atoms with van der Waals surface area (Å²) in [5.41, 5.74) is 4.93. The molecule has 0 unspecified atom stereocenters. The lowest BCUT2D eigenvalue weighted by molar-refractivity contribution is -0.116. The van der Waals surface area contributed by atoms with Crippen molar-refractivity contribution in [2.75, 3.05) is 5.32 Å². The molecule has 1 N–H and O–H groups in total. The number of anilines is 1. The van der Waals surface area contributed by atoms with E-state index in [1.165, 1.54) is 0 Å². The van der Waals surface area contributed by atoms with E-state index >= 15 is 0 Å². The van der Waals surface area contributed by atoms with Gasteiger partial charge in [-0.15, -0.1) is 0 Å². The van der Waals surface area contributed by atoms with Gasteiger partial charge < -0.3 is 5.32 Å². The number of nitrogens with one attached hydrogen (secondary N) is 1. The Labute approximate surface area is 127 Å². The third kappa shape index (κ3) is 3.28. The third-order valence-electron chi connectivity index (χ3n) is 3.12. The number of aromatic nitrogens is 2. The molecule has 5 heteroatoms. The molecule has 0 saturated heterocycles. The van der Waals surface area contributed by atoms with Gasteiger partial charge in [0.1, 0.15) is 6.54 Å². The Hall–Kier alpha value is -1.62. The molecule has 2 rings (SSSR count). The fraction of sp³-hybridized carbons (Fsp3) is 0.333. The van der Waals surface area contributed by atoms with Crippen molar-refractivity contribution < 1.29 is 4.79 Å². The smallest absolute Gasteiger partial charge is 0.246 e. The Balaban J connectivity index is 2.10. The van der Waals surface area contributed by atoms with Gasteiger partial charge in [-0.2, -0.15) is 5.10 Å². The molecule has 0 atom stereocenters. The number of hydrogen-bond acceptors (Lipinski definition) is 2. The Morgan fingerprint density at radius 2 is 1.80 bits per heavy atom. The Bertz CT molecular complexity index is 638. The van der Waals surface area contributed by atoms with Gasteiger partial charge in [0, 0.05) is 15.9 Å². The Kier molecular flexibility index (Phi) is 4.28. The van der Waals surface area contributed by atoms with Crippen molar-refractivity contribution in [3.63, 3.8) is 0 Å². The van der Waals surface area contributed by atoms with Gasteiger partial charge in [0.25, 0.3) is 0 Å². The number of halogens is 1. The van der Waals surface area contributed by atoms with E-state index in [0.29, 0.717) is 0 Å². The summed E-state index contributed by atoms with van der Waals surface area (Å²) in [6.07, 6.45) is 0. The molecule has 1 aromatic carbocycles. The summed E-state index contributed by atoms with van der Waals surface area (Å²) >= 11 is 3.52. The van der Waals surface area contributed by atoms with Gasteiger partial charge >= 0.3 is 0 Å². The minimum absolute atomic E-state index is 0.0719. The van der Waals surface area contributed by atoms with Crippen molar-refractivity contribution in [3.05, 3.63) is 45.2 Å². The zero-order valence-corrected chi connectivity index (χ0v) is 13.7. The normalized spacial score (nSPS) is 10.7. The van der Waals surface area contributed by atoms with Crippen molar-refractivity contribution in [1.29, 1.82) is 0 Å². The van der Waals surface area contributed by atoms with Crippen LogP contribution >= 0.6 is 15.9 Å². The van der Waals surface area contributed by atoms with Crippen LogP contribution in [0.5, 0.6) is 0 Å². The summed E-state index contributed by atoms with van der Waals surface area (Å²) in [4.78, 5) is 12.1. The predicted molar refractivity (Wildman–Crippen MR) is 83.9 cm³/mol. The number of aryl methyl sites for hydroxylation is 4. The number of amides is 1. The molecule has 2 aromatic rings. The first-order chi connectivity index (χ1) is 9.36. The number of carbonyl (C=O) groups is 1. The lowest BCUT2D eigenvalue weighted by atomic mass is 10.1. The van der Waals surface area contributed by atoms with Gasteiger partial charge in [0.2, 0.25) is 5.91 Å². The SMILES string of the molecule is Cc1cc(C)n(CC(=O)Nc2cc(C)c(Br)c(C)c2)n1. The summed E-state index contributed by atoms with van der Waals surface area (Å²) in [5, 5.41) is 7.20. The largest absolute Gasteiger partial charge is 0.324 e. The molecule has 0 bridgehead atoms. The molecule has 4 nitrogen and oxygen atoms in total. The zero-order chi connectivity index (χ0) is 14.9. The van der Waals surface area contributed by atoms with E-state index in [-0.39, 0.29) is 12.5 Å². The van der Waals surface area contributed by atoms with Gasteiger partial charge in [0.15, 0.2) is 0 Å². The number of rotatable bonds is 3. The van der Waals surface area contributed by atoms with E-state index in [0.717, 1.165) is 32.7 Å². The molecule has 1 heterocycles. The topological polar surface area (TPSA) is 46.9 Å². The highest BCUT2D eigenvalue weighted by molar-refractivity contribution is 9.10. The molecule has 0 radical (unpaired) electrons. The fourth-order valence-corrected chi connectivity index (χ4v) is 2.42. The van der Waals surface area contributed by atoms with Crippen LogP contribution in [-0.2, 0) is 11.3 Å². The van der Waals surface area contributed by atoms with E-state index in [4.69, 9.17) is 0 Å². The van der Waals surface area contributed by atoms with Gasteiger partial charge in [-0.25, -0.2) is 0 Å². The monoisotopic (exact) mass is 335 g/mol. The molecular weight excluding hydrogens is 318 g/mol. The minimum atomic E-state index is -0.0719. The van der Waals surface area contributed by atoms with Crippen LogP contribution in [0.25, 0.3) is 0 Å². The van der Waals surface area contributed by atoms with Gasteiger partial charge in [-0.05, 0) is 57.0 Å². The van der Waals surface area contributed by atoms with Crippen LogP contribution < -0.4 is 5.32 Å². The van der Waals surface area contributed by atoms with Crippen LogP contribution in [0.3, 0.4) is 0 Å². The van der Waals surface area contributed by atoms with Gasteiger partial charge in [-0.3, -0.25) is 9.48 Å². The highest BCUT2D eigenvalue weighted by atomic mass is 79.9. The van der Waals surface area contributed by atoms with Crippen LogP contribution in [0.15, 0.2) is 22.7 Å². The Morgan fingerprint density at radius 1 is 1.20 bits per heavy atom. The molecular formula is C15H18BrN3O. The molecule has 0 aliphatic rings. The highest BCUT2D eigenvalue weighted by Gasteiger charge is 2.09. The second-order valence-corrected chi connectivity index (χ2v) is 5.85. The first-order valence-electron chi connectivity index (χ1n) is 6.44. The van der Waals surface area contributed by atoms with Crippen LogP contribution in [0, 0.1) is 27.7 Å². The van der Waals surface area contributed by atoms with E-state index in [9.17, 15) is 4.79 Å². The second-order valence-electron chi connectivity index (χ2n) is 5.06. The summed E-state index contributed by atoms with van der Waals surface area (Å²) < 4.78 is 2.79. The minimum Gasteiger partial charge on any atom is -0.324 e. The molecule has 106 valence electrons. The molecule has 0 aliphatic carbocycles.